The lowest BCUT2D eigenvalue weighted by molar-refractivity contribution is -0.157. The van der Waals surface area contributed by atoms with Gasteiger partial charge in [0.25, 0.3) is 5.91 Å². The topological polar surface area (TPSA) is 219 Å². The molecule has 4 aromatic carbocycles. The van der Waals surface area contributed by atoms with Crippen LogP contribution in [0.15, 0.2) is 78.9 Å². The van der Waals surface area contributed by atoms with E-state index in [-0.39, 0.29) is 58.6 Å². The highest BCUT2D eigenvalue weighted by Gasteiger charge is 2.43. The quantitative estimate of drug-likeness (QED) is 0.0413. The van der Waals surface area contributed by atoms with Gasteiger partial charge in [-0.25, -0.2) is 22.8 Å². The maximum atomic E-state index is 14.1. The summed E-state index contributed by atoms with van der Waals surface area (Å²) in [7, 11) is -3.82. The van der Waals surface area contributed by atoms with Crippen LogP contribution in [0.2, 0.25) is 5.02 Å². The molecule has 398 valence electrons. The molecule has 0 saturated carbocycles. The number of benzene rings is 4. The first-order chi connectivity index (χ1) is 35.2. The SMILES string of the molecule is CC(C)(C)OC(=O)COc1c(C(=O)OC(C)(C)C)sc(-c2cccc(N[C@H]3CCN(S(=O)(=O)Cc4cccc(NC(=O)NCCCc5cc6c7c(cccc7c5)N(C5CCC(=O)NC5=O)C6=O)c4)C(C)(C)C3)c2)c1Cl. The Bertz CT molecular complexity index is 3200. The van der Waals surface area contributed by atoms with Crippen LogP contribution in [-0.2, 0) is 46.1 Å². The number of carbonyl (C=O) groups is 6. The monoisotopic (exact) mass is 1080 g/mol. The van der Waals surface area contributed by atoms with E-state index in [1.807, 2.05) is 68.4 Å². The molecule has 75 heavy (non-hydrogen) atoms. The molecule has 2 saturated heterocycles. The van der Waals surface area contributed by atoms with Crippen molar-refractivity contribution in [3.63, 3.8) is 0 Å². The summed E-state index contributed by atoms with van der Waals surface area (Å²) in [5.74, 6) is -2.63. The third kappa shape index (κ3) is 12.9. The van der Waals surface area contributed by atoms with E-state index in [0.717, 1.165) is 33.4 Å². The summed E-state index contributed by atoms with van der Waals surface area (Å²) in [6.45, 7) is 14.4. The van der Waals surface area contributed by atoms with E-state index >= 15 is 0 Å². The lowest BCUT2D eigenvalue weighted by atomic mass is 9.89. The Hall–Kier alpha value is -6.54. The van der Waals surface area contributed by atoms with Gasteiger partial charge in [-0.1, -0.05) is 54.1 Å². The number of hydrogen-bond donors (Lipinski definition) is 4. The number of rotatable bonds is 16. The number of nitrogens with zero attached hydrogens (tertiary/aromatic N) is 2. The highest BCUT2D eigenvalue weighted by atomic mass is 35.5. The number of nitrogens with one attached hydrogen (secondary N) is 4. The molecule has 4 N–H and O–H groups in total. The molecule has 1 aromatic heterocycles. The Labute approximate surface area is 446 Å². The second-order valence-electron chi connectivity index (χ2n) is 21.7. The Balaban J connectivity index is 0.844. The minimum Gasteiger partial charge on any atom is -0.479 e. The third-order valence-electron chi connectivity index (χ3n) is 12.8. The van der Waals surface area contributed by atoms with E-state index in [9.17, 15) is 37.2 Å². The Morgan fingerprint density at radius 3 is 2.32 bits per heavy atom. The second-order valence-corrected chi connectivity index (χ2v) is 25.0. The summed E-state index contributed by atoms with van der Waals surface area (Å²) < 4.78 is 46.7. The fourth-order valence-corrected chi connectivity index (χ4v) is 13.2. The number of imide groups is 1. The van der Waals surface area contributed by atoms with Gasteiger partial charge in [0.15, 0.2) is 17.2 Å². The molecule has 8 rings (SSSR count). The maximum absolute atomic E-state index is 14.1. The highest BCUT2D eigenvalue weighted by Crippen LogP contribution is 2.47. The van der Waals surface area contributed by atoms with Gasteiger partial charge in [0.2, 0.25) is 21.8 Å². The van der Waals surface area contributed by atoms with Gasteiger partial charge < -0.3 is 30.2 Å². The number of ether oxygens (including phenoxy) is 3. The van der Waals surface area contributed by atoms with E-state index in [1.165, 1.54) is 4.90 Å². The molecule has 2 fully saturated rings. The minimum atomic E-state index is -3.82. The van der Waals surface area contributed by atoms with Gasteiger partial charge in [0, 0.05) is 47.9 Å². The number of halogens is 1. The predicted molar refractivity (Wildman–Crippen MR) is 290 cm³/mol. The van der Waals surface area contributed by atoms with Gasteiger partial charge in [-0.2, -0.15) is 4.31 Å². The molecule has 0 spiro atoms. The first-order valence-corrected chi connectivity index (χ1v) is 27.7. The zero-order valence-corrected chi connectivity index (χ0v) is 45.7. The number of thiophene rings is 1. The van der Waals surface area contributed by atoms with Crippen LogP contribution < -0.4 is 30.9 Å². The van der Waals surface area contributed by atoms with Gasteiger partial charge in [0.1, 0.15) is 22.3 Å². The molecular formula is C55H63ClN6O11S2. The van der Waals surface area contributed by atoms with Crippen molar-refractivity contribution in [2.75, 3.05) is 35.2 Å². The average molecular weight is 1080 g/mol. The van der Waals surface area contributed by atoms with Crippen LogP contribution in [0.5, 0.6) is 5.75 Å². The van der Waals surface area contributed by atoms with Crippen molar-refractivity contribution >= 4 is 96.5 Å². The maximum Gasteiger partial charge on any atom is 0.352 e. The normalized spacial score (nSPS) is 17.9. The average Bonchev–Trinajstić information content (AvgIpc) is 3.78. The molecule has 4 heterocycles. The Kier molecular flexibility index (Phi) is 15.8. The number of urea groups is 1. The van der Waals surface area contributed by atoms with E-state index in [2.05, 4.69) is 21.3 Å². The smallest absolute Gasteiger partial charge is 0.352 e. The van der Waals surface area contributed by atoms with Gasteiger partial charge in [-0.15, -0.1) is 11.3 Å². The van der Waals surface area contributed by atoms with Gasteiger partial charge in [-0.05, 0) is 146 Å². The van der Waals surface area contributed by atoms with Crippen molar-refractivity contribution in [2.45, 2.75) is 128 Å². The van der Waals surface area contributed by atoms with Crippen molar-refractivity contribution in [1.29, 1.82) is 0 Å². The number of anilines is 3. The van der Waals surface area contributed by atoms with Crippen LogP contribution in [0.3, 0.4) is 0 Å². The first kappa shape index (κ1) is 54.7. The number of carbonyl (C=O) groups excluding carboxylic acids is 6. The van der Waals surface area contributed by atoms with E-state index in [4.69, 9.17) is 25.8 Å². The van der Waals surface area contributed by atoms with E-state index < -0.39 is 63.3 Å². The van der Waals surface area contributed by atoms with Crippen molar-refractivity contribution in [2.24, 2.45) is 0 Å². The first-order valence-electron chi connectivity index (χ1n) is 24.9. The Morgan fingerprint density at radius 2 is 1.60 bits per heavy atom. The molecule has 3 aliphatic rings. The largest absolute Gasteiger partial charge is 0.479 e. The van der Waals surface area contributed by atoms with Crippen LogP contribution in [0.4, 0.5) is 21.9 Å². The third-order valence-corrected chi connectivity index (χ3v) is 16.5. The molecule has 2 atom stereocenters. The number of amides is 5. The van der Waals surface area contributed by atoms with Crippen LogP contribution in [0.1, 0.15) is 119 Å². The van der Waals surface area contributed by atoms with Crippen LogP contribution in [0.25, 0.3) is 21.2 Å². The lowest BCUT2D eigenvalue weighted by Crippen LogP contribution is -2.55. The number of hydrogen-bond acceptors (Lipinski definition) is 13. The molecule has 0 radical (unpaired) electrons. The van der Waals surface area contributed by atoms with Crippen LogP contribution in [0, 0.1) is 0 Å². The number of aryl methyl sites for hydroxylation is 1. The van der Waals surface area contributed by atoms with Gasteiger partial charge in [0.05, 0.1) is 21.9 Å². The summed E-state index contributed by atoms with van der Waals surface area (Å²) in [5.41, 5.74) is 2.14. The molecule has 17 nitrogen and oxygen atoms in total. The van der Waals surface area contributed by atoms with Crippen LogP contribution in [-0.4, -0.2) is 96.9 Å². The molecule has 5 aromatic rings. The zero-order chi connectivity index (χ0) is 54.2. The summed E-state index contributed by atoms with van der Waals surface area (Å²) >= 11 is 8.01. The number of esters is 2. The molecule has 3 aliphatic heterocycles. The minimum absolute atomic E-state index is 0.0266. The van der Waals surface area contributed by atoms with Gasteiger partial charge in [-0.3, -0.25) is 24.6 Å². The molecule has 0 bridgehead atoms. The molecule has 20 heteroatoms. The fourth-order valence-electron chi connectivity index (χ4n) is 9.84. The molecule has 0 aliphatic carbocycles. The Morgan fingerprint density at radius 1 is 0.880 bits per heavy atom. The van der Waals surface area contributed by atoms with E-state index in [0.29, 0.717) is 65.2 Å². The standard InChI is InChI=1S/C55H63ClN6O11S2/c1-53(2,3)72-43(64)30-71-46-45(56)47(74-48(46)51(67)73-54(4,5)6)35-16-10-18-37(28-35)58-38-22-24-61(55(7,8)29-38)75(69,70)31-33-13-9-17-36(26-33)59-52(68)57-23-12-14-32-25-34-15-11-19-40-44(34)39(27-32)50(66)62(40)41-20-21-42(63)60-49(41)65/h9-11,13,15-19,25-28,38,41,58H,12,14,20-24,29-31H2,1-8H3,(H2,57,59,68)(H,60,63,65)/t38-,41?/m0/s1. The van der Waals surface area contributed by atoms with E-state index in [1.54, 1.807) is 70.1 Å². The number of sulfonamides is 1. The summed E-state index contributed by atoms with van der Waals surface area (Å²) in [6.07, 6.45) is 2.54. The molecular weight excluding hydrogens is 1020 g/mol. The van der Waals surface area contributed by atoms with Crippen molar-refractivity contribution < 1.29 is 51.4 Å². The van der Waals surface area contributed by atoms with Crippen molar-refractivity contribution in [3.05, 3.63) is 105 Å². The summed E-state index contributed by atoms with van der Waals surface area (Å²) in [4.78, 5) is 79.4. The molecule has 1 unspecified atom stereocenters. The summed E-state index contributed by atoms with van der Waals surface area (Å²) in [6, 6.07) is 22.4. The zero-order valence-electron chi connectivity index (χ0n) is 43.3. The highest BCUT2D eigenvalue weighted by molar-refractivity contribution is 7.88. The summed E-state index contributed by atoms with van der Waals surface area (Å²) in [5, 5.41) is 13.4. The van der Waals surface area contributed by atoms with Crippen molar-refractivity contribution in [3.8, 4) is 16.2 Å². The van der Waals surface area contributed by atoms with Crippen LogP contribution >= 0.6 is 22.9 Å². The molecule has 5 amide bonds. The number of piperidine rings is 2. The second kappa shape index (κ2) is 21.6. The predicted octanol–water partition coefficient (Wildman–Crippen LogP) is 9.60. The van der Waals surface area contributed by atoms with Gasteiger partial charge >= 0.3 is 18.0 Å². The van der Waals surface area contributed by atoms with Crippen molar-refractivity contribution in [1.82, 2.24) is 14.9 Å². The lowest BCUT2D eigenvalue weighted by Gasteiger charge is -2.45. The fraction of sp³-hybridized carbons (Fsp3) is 0.418.